The quantitative estimate of drug-likeness (QED) is 0.106. The van der Waals surface area contributed by atoms with Crippen LogP contribution in [0.3, 0.4) is 0 Å². The molecule has 0 saturated carbocycles. The maximum absolute atomic E-state index is 13.9. The highest BCUT2D eigenvalue weighted by Gasteiger charge is 2.50. The van der Waals surface area contributed by atoms with Crippen LogP contribution in [0.5, 0.6) is 17.2 Å². The molecule has 2 aromatic rings. The Morgan fingerprint density at radius 1 is 1.02 bits per heavy atom. The number of nitrogens with zero attached hydrogens (tertiary/aromatic N) is 1. The molecule has 4 unspecified atom stereocenters. The lowest BCUT2D eigenvalue weighted by atomic mass is 9.72. The number of aliphatic hydroxyl groups excluding tert-OH is 3. The SMILES string of the molecule is C.COc1cccc2c1C(=O)c1c(O)c3c(c(O)c1C2=O)C[C@@](O)(C(=O)CO)C[C@@H]3OC1CC(NCC(=O)[C@@H]2C[C@@H](O)CN2C(=O)CCCC(=O)O)C(O)C(C)O1. The van der Waals surface area contributed by atoms with Crippen molar-refractivity contribution >= 4 is 35.0 Å². The second kappa shape index (κ2) is 17.0. The van der Waals surface area contributed by atoms with Crippen LogP contribution in [0, 0.1) is 0 Å². The van der Waals surface area contributed by atoms with Crippen molar-refractivity contribution in [3.63, 3.8) is 0 Å². The predicted molar refractivity (Wildman–Crippen MR) is 195 cm³/mol. The maximum Gasteiger partial charge on any atom is 0.303 e. The number of phenols is 2. The van der Waals surface area contributed by atoms with Crippen LogP contribution in [0.25, 0.3) is 0 Å². The zero-order valence-electron chi connectivity index (χ0n) is 30.6. The number of aromatic hydroxyl groups is 2. The number of carbonyl (C=O) groups is 6. The highest BCUT2D eigenvalue weighted by molar-refractivity contribution is 6.31. The minimum atomic E-state index is -2.37. The molecule has 4 aliphatic rings. The number of fused-ring (bicyclic) bond motifs is 3. The standard InChI is InChI=1S/C38H44N2O16.CH4/c1-16-33(48)20(39-13-22(43)21-9-17(42)14-40(21)26(45)7-4-8-27(46)47)10-28(55-16)56-24-12-38(53,25(44)15-41)11-19-30(24)37(52)32-31(35(19)50)34(49)18-5-3-6-23(54-2)29(18)36(32)51;/h3,5-6,16-17,20-21,24,28,33,39,41-42,48,50,52-53H,4,7-15H2,1-2H3,(H,46,47);1H4/t16?,17-,20?,21+,24+,28?,33?,38+;/m1./s1. The lowest BCUT2D eigenvalue weighted by Gasteiger charge is -2.43. The number of β-amino-alcohol motifs (C(OH)–C–C–N with tert-alkyl or cyclic N) is 1. The number of carbonyl (C=O) groups excluding carboxylic acids is 5. The third-order valence-corrected chi connectivity index (χ3v) is 11.1. The molecule has 0 aromatic heterocycles. The van der Waals surface area contributed by atoms with E-state index < -0.39 is 125 Å². The molecular weight excluding hydrogens is 752 g/mol. The summed E-state index contributed by atoms with van der Waals surface area (Å²) in [6, 6.07) is 2.37. The van der Waals surface area contributed by atoms with Crippen molar-refractivity contribution < 1.29 is 78.7 Å². The lowest BCUT2D eigenvalue weighted by molar-refractivity contribution is -0.249. The molecule has 2 heterocycles. The first-order valence-electron chi connectivity index (χ1n) is 18.2. The number of methoxy groups -OCH3 is 1. The van der Waals surface area contributed by atoms with E-state index in [1.807, 2.05) is 0 Å². The molecule has 2 aromatic carbocycles. The van der Waals surface area contributed by atoms with Crippen molar-refractivity contribution in [2.24, 2.45) is 0 Å². The molecule has 1 amide bonds. The zero-order chi connectivity index (χ0) is 40.8. The molecule has 0 radical (unpaired) electrons. The number of likely N-dealkylation sites (tertiary alicyclic amines) is 1. The largest absolute Gasteiger partial charge is 0.507 e. The van der Waals surface area contributed by atoms with Crippen LogP contribution in [0.4, 0.5) is 0 Å². The highest BCUT2D eigenvalue weighted by atomic mass is 16.7. The molecular formula is C39H48N2O16. The molecule has 0 bridgehead atoms. The highest BCUT2D eigenvalue weighted by Crippen LogP contribution is 2.52. The Hall–Kier alpha value is -4.82. The third kappa shape index (κ3) is 8.03. The van der Waals surface area contributed by atoms with E-state index in [0.29, 0.717) is 0 Å². The fraction of sp³-hybridized carbons (Fsp3) is 0.538. The maximum atomic E-state index is 13.9. The van der Waals surface area contributed by atoms with Gasteiger partial charge in [-0.2, -0.15) is 0 Å². The van der Waals surface area contributed by atoms with Gasteiger partial charge in [0.25, 0.3) is 0 Å². The molecule has 2 aliphatic heterocycles. The number of ether oxygens (including phenoxy) is 3. The minimum Gasteiger partial charge on any atom is -0.507 e. The number of benzene rings is 2. The summed E-state index contributed by atoms with van der Waals surface area (Å²) in [5.41, 5.74) is -4.23. The fourth-order valence-electron chi connectivity index (χ4n) is 8.20. The fourth-order valence-corrected chi connectivity index (χ4v) is 8.20. The average molecular weight is 801 g/mol. The van der Waals surface area contributed by atoms with E-state index in [1.54, 1.807) is 0 Å². The summed E-state index contributed by atoms with van der Waals surface area (Å²) >= 11 is 0. The molecule has 18 nitrogen and oxygen atoms in total. The second-order valence-electron chi connectivity index (χ2n) is 14.6. The Labute approximate surface area is 327 Å². The van der Waals surface area contributed by atoms with Crippen LogP contribution in [-0.2, 0) is 35.1 Å². The van der Waals surface area contributed by atoms with Crippen LogP contribution >= 0.6 is 0 Å². The number of nitrogens with one attached hydrogen (secondary N) is 1. The molecule has 6 rings (SSSR count). The van der Waals surface area contributed by atoms with Crippen LogP contribution in [0.1, 0.15) is 102 Å². The van der Waals surface area contributed by atoms with Gasteiger partial charge in [0.05, 0.1) is 60.8 Å². The molecule has 18 heteroatoms. The topological polar surface area (TPSA) is 287 Å². The molecule has 2 aliphatic carbocycles. The first kappa shape index (κ1) is 43.3. The Balaban J connectivity index is 0.00000620. The molecule has 57 heavy (non-hydrogen) atoms. The number of ketones is 4. The Bertz CT molecular complexity index is 1970. The number of hydrogen-bond acceptors (Lipinski definition) is 16. The van der Waals surface area contributed by atoms with Gasteiger partial charge in [0.15, 0.2) is 23.6 Å². The van der Waals surface area contributed by atoms with Gasteiger partial charge in [0.1, 0.15) is 29.5 Å². The summed E-state index contributed by atoms with van der Waals surface area (Å²) < 4.78 is 17.5. The number of amides is 1. The van der Waals surface area contributed by atoms with E-state index in [0.717, 1.165) is 0 Å². The first-order valence-corrected chi connectivity index (χ1v) is 18.2. The van der Waals surface area contributed by atoms with Crippen LogP contribution in [-0.4, -0.2) is 145 Å². The predicted octanol–water partition coefficient (Wildman–Crippen LogP) is 0.0541. The third-order valence-electron chi connectivity index (χ3n) is 11.1. The van der Waals surface area contributed by atoms with Gasteiger partial charge in [-0.05, 0) is 19.4 Å². The number of aliphatic hydroxyl groups is 4. The van der Waals surface area contributed by atoms with Gasteiger partial charge in [-0.15, -0.1) is 0 Å². The van der Waals surface area contributed by atoms with Gasteiger partial charge < -0.3 is 60.2 Å². The van der Waals surface area contributed by atoms with Crippen molar-refractivity contribution in [1.82, 2.24) is 10.2 Å². The second-order valence-corrected chi connectivity index (χ2v) is 14.6. The smallest absolute Gasteiger partial charge is 0.303 e. The van der Waals surface area contributed by atoms with E-state index in [1.165, 1.54) is 37.1 Å². The van der Waals surface area contributed by atoms with Crippen molar-refractivity contribution in [3.8, 4) is 17.2 Å². The summed E-state index contributed by atoms with van der Waals surface area (Å²) in [7, 11) is 1.29. The van der Waals surface area contributed by atoms with Crippen LogP contribution in [0.2, 0.25) is 0 Å². The molecule has 310 valence electrons. The number of rotatable bonds is 13. The summed E-state index contributed by atoms with van der Waals surface area (Å²) in [4.78, 5) is 78.9. The zero-order valence-corrected chi connectivity index (χ0v) is 30.6. The molecule has 2 saturated heterocycles. The van der Waals surface area contributed by atoms with Gasteiger partial charge in [-0.3, -0.25) is 28.8 Å². The molecule has 8 N–H and O–H groups in total. The average Bonchev–Trinajstić information content (AvgIpc) is 3.56. The van der Waals surface area contributed by atoms with E-state index in [4.69, 9.17) is 19.3 Å². The monoisotopic (exact) mass is 800 g/mol. The van der Waals surface area contributed by atoms with Gasteiger partial charge in [0.2, 0.25) is 11.7 Å². The number of carboxylic acid groups (broad SMARTS) is 1. The van der Waals surface area contributed by atoms with Gasteiger partial charge >= 0.3 is 5.97 Å². The molecule has 2 fully saturated rings. The Kier molecular flexibility index (Phi) is 12.9. The van der Waals surface area contributed by atoms with Crippen molar-refractivity contribution in [2.45, 2.75) is 108 Å². The lowest BCUT2D eigenvalue weighted by Crippen LogP contribution is -2.56. The van der Waals surface area contributed by atoms with Crippen LogP contribution in [0.15, 0.2) is 18.2 Å². The van der Waals surface area contributed by atoms with E-state index in [9.17, 15) is 59.4 Å². The van der Waals surface area contributed by atoms with Crippen molar-refractivity contribution in [2.75, 3.05) is 26.8 Å². The summed E-state index contributed by atoms with van der Waals surface area (Å²) in [5.74, 6) is -6.25. The number of phenolic OH excluding ortho intramolecular Hbond substituents is 2. The van der Waals surface area contributed by atoms with Gasteiger partial charge in [0, 0.05) is 67.8 Å². The van der Waals surface area contributed by atoms with Gasteiger partial charge in [-0.1, -0.05) is 19.6 Å². The van der Waals surface area contributed by atoms with E-state index in [-0.39, 0.29) is 80.6 Å². The first-order chi connectivity index (χ1) is 26.5. The molecule has 0 spiro atoms. The summed E-state index contributed by atoms with van der Waals surface area (Å²) in [5, 5.41) is 77.8. The number of hydrogen-bond donors (Lipinski definition) is 8. The summed E-state index contributed by atoms with van der Waals surface area (Å²) in [6.45, 7) is -0.0604. The number of Topliss-reactive ketones (excluding diaryl/α,β-unsaturated/α-hetero) is 2. The van der Waals surface area contributed by atoms with E-state index in [2.05, 4.69) is 5.32 Å². The van der Waals surface area contributed by atoms with Crippen molar-refractivity contribution in [3.05, 3.63) is 51.6 Å². The minimum absolute atomic E-state index is 0. The van der Waals surface area contributed by atoms with Crippen molar-refractivity contribution in [1.29, 1.82) is 0 Å². The molecule has 8 atom stereocenters. The van der Waals surface area contributed by atoms with Crippen LogP contribution < -0.4 is 10.1 Å². The number of aliphatic carboxylic acids is 1. The Morgan fingerprint density at radius 2 is 1.72 bits per heavy atom. The van der Waals surface area contributed by atoms with Gasteiger partial charge in [-0.25, -0.2) is 0 Å². The number of carboxylic acids is 1. The normalized spacial score (nSPS) is 27.8. The Morgan fingerprint density at radius 3 is 2.39 bits per heavy atom. The summed E-state index contributed by atoms with van der Waals surface area (Å²) in [6.07, 6.45) is -7.68. The van der Waals surface area contributed by atoms with E-state index >= 15 is 0 Å².